The lowest BCUT2D eigenvalue weighted by molar-refractivity contribution is -0.140. The number of benzene rings is 1. The van der Waals surface area contributed by atoms with Gasteiger partial charge in [0.05, 0.1) is 16.9 Å². The summed E-state index contributed by atoms with van der Waals surface area (Å²) in [4.78, 5) is 38.9. The highest BCUT2D eigenvalue weighted by atomic mass is 79.9. The fraction of sp³-hybridized carbons (Fsp3) is 0.526. The number of nitrogens with zero attached hydrogens (tertiary/aromatic N) is 1. The molecule has 26 heavy (non-hydrogen) atoms. The molecule has 2 aliphatic carbocycles. The van der Waals surface area contributed by atoms with Crippen LogP contribution in [0.2, 0.25) is 5.02 Å². The van der Waals surface area contributed by atoms with Crippen LogP contribution in [-0.4, -0.2) is 29.2 Å². The Morgan fingerprint density at radius 3 is 2.46 bits per heavy atom. The van der Waals surface area contributed by atoms with Gasteiger partial charge in [0.2, 0.25) is 17.7 Å². The van der Waals surface area contributed by atoms with E-state index >= 15 is 0 Å². The Balaban J connectivity index is 1.39. The maximum absolute atomic E-state index is 12.6. The van der Waals surface area contributed by atoms with Crippen molar-refractivity contribution >= 4 is 50.9 Å². The van der Waals surface area contributed by atoms with Crippen LogP contribution in [0.15, 0.2) is 16.6 Å². The van der Waals surface area contributed by atoms with Crippen LogP contribution < -0.4 is 5.32 Å². The first-order valence-electron chi connectivity index (χ1n) is 8.98. The van der Waals surface area contributed by atoms with Gasteiger partial charge in [0, 0.05) is 23.1 Å². The molecule has 0 radical (unpaired) electrons. The van der Waals surface area contributed by atoms with E-state index in [1.54, 1.807) is 12.1 Å². The van der Waals surface area contributed by atoms with E-state index in [0.29, 0.717) is 22.5 Å². The van der Waals surface area contributed by atoms with Crippen molar-refractivity contribution in [2.45, 2.75) is 32.6 Å². The molecule has 2 bridgehead atoms. The molecule has 1 heterocycles. The third-order valence-electron chi connectivity index (χ3n) is 6.19. The molecule has 1 aromatic carbocycles. The van der Waals surface area contributed by atoms with Crippen LogP contribution in [-0.2, 0) is 14.4 Å². The zero-order valence-electron chi connectivity index (χ0n) is 14.4. The highest BCUT2D eigenvalue weighted by Gasteiger charge is 2.60. The van der Waals surface area contributed by atoms with Gasteiger partial charge < -0.3 is 5.32 Å². The molecule has 3 amide bonds. The molecule has 1 aromatic rings. The lowest BCUT2D eigenvalue weighted by atomic mass is 9.81. The number of hydrogen-bond acceptors (Lipinski definition) is 3. The smallest absolute Gasteiger partial charge is 0.233 e. The number of likely N-dealkylation sites (tertiary alicyclic amines) is 1. The van der Waals surface area contributed by atoms with Crippen LogP contribution in [0.5, 0.6) is 0 Å². The third kappa shape index (κ3) is 2.78. The average Bonchev–Trinajstić information content (AvgIpc) is 3.28. The van der Waals surface area contributed by atoms with Gasteiger partial charge in [0.1, 0.15) is 0 Å². The van der Waals surface area contributed by atoms with Crippen molar-refractivity contribution in [3.63, 3.8) is 0 Å². The summed E-state index contributed by atoms with van der Waals surface area (Å²) < 4.78 is 0.768. The summed E-state index contributed by atoms with van der Waals surface area (Å²) in [7, 11) is 0. The van der Waals surface area contributed by atoms with Crippen molar-refractivity contribution in [1.29, 1.82) is 0 Å². The normalized spacial score (nSPS) is 29.4. The molecule has 0 aromatic heterocycles. The number of imide groups is 1. The van der Waals surface area contributed by atoms with Crippen molar-refractivity contribution in [2.24, 2.45) is 23.7 Å². The van der Waals surface area contributed by atoms with Gasteiger partial charge >= 0.3 is 0 Å². The molecule has 138 valence electrons. The largest absolute Gasteiger partial charge is 0.326 e. The number of anilines is 1. The number of carbonyl (C=O) groups is 3. The predicted molar refractivity (Wildman–Crippen MR) is 102 cm³/mol. The van der Waals surface area contributed by atoms with E-state index in [1.165, 1.54) is 4.90 Å². The summed E-state index contributed by atoms with van der Waals surface area (Å²) in [5.74, 6) is 0.118. The molecule has 4 unspecified atom stereocenters. The predicted octanol–water partition coefficient (Wildman–Crippen LogP) is 3.77. The molecule has 7 heteroatoms. The van der Waals surface area contributed by atoms with Crippen LogP contribution in [0.3, 0.4) is 0 Å². The molecule has 4 rings (SSSR count). The molecule has 4 atom stereocenters. The maximum Gasteiger partial charge on any atom is 0.233 e. The minimum absolute atomic E-state index is 0.0668. The number of rotatable bonds is 4. The van der Waals surface area contributed by atoms with Crippen LogP contribution in [0.4, 0.5) is 5.69 Å². The number of amides is 3. The van der Waals surface area contributed by atoms with Crippen molar-refractivity contribution in [1.82, 2.24) is 4.90 Å². The Morgan fingerprint density at radius 1 is 1.23 bits per heavy atom. The number of hydrogen-bond donors (Lipinski definition) is 1. The summed E-state index contributed by atoms with van der Waals surface area (Å²) in [6.07, 6.45) is 3.23. The number of nitrogens with one attached hydrogen (secondary N) is 1. The van der Waals surface area contributed by atoms with E-state index in [2.05, 4.69) is 21.2 Å². The Hall–Kier alpha value is -1.40. The molecular weight excluding hydrogens is 420 g/mol. The van der Waals surface area contributed by atoms with Gasteiger partial charge in [-0.15, -0.1) is 0 Å². The number of halogens is 2. The molecular formula is C19H20BrClN2O3. The van der Waals surface area contributed by atoms with Crippen molar-refractivity contribution in [3.8, 4) is 0 Å². The number of fused-ring (bicyclic) bond motifs is 5. The lowest BCUT2D eigenvalue weighted by Gasteiger charge is -2.19. The van der Waals surface area contributed by atoms with E-state index in [9.17, 15) is 14.4 Å². The van der Waals surface area contributed by atoms with Gasteiger partial charge in [0.15, 0.2) is 0 Å². The Kier molecular flexibility index (Phi) is 4.59. The Labute approximate surface area is 165 Å². The Morgan fingerprint density at radius 2 is 1.85 bits per heavy atom. The van der Waals surface area contributed by atoms with Crippen molar-refractivity contribution in [3.05, 3.63) is 27.2 Å². The quantitative estimate of drug-likeness (QED) is 0.726. The van der Waals surface area contributed by atoms with Gasteiger partial charge in [-0.05, 0) is 71.6 Å². The van der Waals surface area contributed by atoms with Crippen molar-refractivity contribution in [2.75, 3.05) is 11.9 Å². The van der Waals surface area contributed by atoms with E-state index in [1.807, 2.05) is 6.92 Å². The molecule has 5 nitrogen and oxygen atoms in total. The fourth-order valence-electron chi connectivity index (χ4n) is 4.90. The van der Waals surface area contributed by atoms with E-state index in [-0.39, 0.29) is 42.5 Å². The SMILES string of the molecule is Cc1c(NC(=O)CCN2C(=O)C3C4CCC(C4)C3C2=O)ccc(Br)c1Cl. The second-order valence-electron chi connectivity index (χ2n) is 7.54. The molecule has 3 aliphatic rings. The molecule has 1 N–H and O–H groups in total. The van der Waals surface area contributed by atoms with Gasteiger partial charge in [-0.2, -0.15) is 0 Å². The topological polar surface area (TPSA) is 66.5 Å². The molecule has 1 aliphatic heterocycles. The zero-order valence-corrected chi connectivity index (χ0v) is 16.8. The number of carbonyl (C=O) groups excluding carboxylic acids is 3. The first kappa shape index (κ1) is 18.0. The summed E-state index contributed by atoms with van der Waals surface area (Å²) in [6, 6.07) is 3.55. The zero-order chi connectivity index (χ0) is 18.6. The second kappa shape index (κ2) is 6.64. The van der Waals surface area contributed by atoms with E-state index in [0.717, 1.165) is 29.3 Å². The summed E-state index contributed by atoms with van der Waals surface area (Å²) in [6.45, 7) is 1.98. The fourth-order valence-corrected chi connectivity index (χ4v) is 5.50. The molecule has 3 fully saturated rings. The molecule has 0 spiro atoms. The van der Waals surface area contributed by atoms with Crippen molar-refractivity contribution < 1.29 is 14.4 Å². The minimum atomic E-state index is -0.230. The first-order valence-corrected chi connectivity index (χ1v) is 10.1. The van der Waals surface area contributed by atoms with Crippen LogP contribution in [0, 0.1) is 30.6 Å². The molecule has 2 saturated carbocycles. The lowest BCUT2D eigenvalue weighted by Crippen LogP contribution is -2.35. The first-order chi connectivity index (χ1) is 12.4. The minimum Gasteiger partial charge on any atom is -0.326 e. The maximum atomic E-state index is 12.6. The van der Waals surface area contributed by atoms with Gasteiger partial charge in [-0.1, -0.05) is 11.6 Å². The standard InChI is InChI=1S/C19H20BrClN2O3/c1-9-13(5-4-12(20)17(9)21)22-14(24)6-7-23-18(25)15-10-2-3-11(8-10)16(15)19(23)26/h4-5,10-11,15-16H,2-3,6-8H2,1H3,(H,22,24). The monoisotopic (exact) mass is 438 g/mol. The summed E-state index contributed by atoms with van der Waals surface area (Å²) in [5.41, 5.74) is 1.41. The summed E-state index contributed by atoms with van der Waals surface area (Å²) >= 11 is 9.52. The third-order valence-corrected chi connectivity index (χ3v) is 7.57. The average molecular weight is 440 g/mol. The van der Waals surface area contributed by atoms with Crippen LogP contribution in [0.25, 0.3) is 0 Å². The van der Waals surface area contributed by atoms with Gasteiger partial charge in [0.25, 0.3) is 0 Å². The Bertz CT molecular complexity index is 784. The van der Waals surface area contributed by atoms with Crippen LogP contribution in [0.1, 0.15) is 31.2 Å². The van der Waals surface area contributed by atoms with E-state index in [4.69, 9.17) is 11.6 Å². The highest BCUT2D eigenvalue weighted by Crippen LogP contribution is 2.56. The van der Waals surface area contributed by atoms with Gasteiger partial charge in [-0.3, -0.25) is 19.3 Å². The van der Waals surface area contributed by atoms with Gasteiger partial charge in [-0.25, -0.2) is 0 Å². The summed E-state index contributed by atoms with van der Waals surface area (Å²) in [5, 5.41) is 3.37. The highest BCUT2D eigenvalue weighted by molar-refractivity contribution is 9.10. The van der Waals surface area contributed by atoms with Crippen LogP contribution >= 0.6 is 27.5 Å². The second-order valence-corrected chi connectivity index (χ2v) is 8.78. The molecule has 1 saturated heterocycles. The van der Waals surface area contributed by atoms with E-state index < -0.39 is 0 Å².